The van der Waals surface area contributed by atoms with Crippen molar-refractivity contribution in [2.45, 2.75) is 32.9 Å². The second kappa shape index (κ2) is 3.44. The highest BCUT2D eigenvalue weighted by Gasteiger charge is 2.29. The van der Waals surface area contributed by atoms with E-state index in [1.165, 1.54) is 0 Å². The summed E-state index contributed by atoms with van der Waals surface area (Å²) in [4.78, 5) is 15.7. The zero-order valence-corrected chi connectivity index (χ0v) is 8.37. The lowest BCUT2D eigenvalue weighted by atomic mass is 10.1. The van der Waals surface area contributed by atoms with Crippen LogP contribution in [0.4, 0.5) is 0 Å². The third-order valence-electron chi connectivity index (χ3n) is 2.62. The Kier molecular flexibility index (Phi) is 2.73. The number of nitrogens with zero attached hydrogens (tertiary/aromatic N) is 2. The summed E-state index contributed by atoms with van der Waals surface area (Å²) in [6.07, 6.45) is 0. The molecule has 0 aliphatic carbocycles. The molecule has 3 heteroatoms. The van der Waals surface area contributed by atoms with Crippen molar-refractivity contribution in [2.75, 3.05) is 20.1 Å². The largest absolute Gasteiger partial charge is 0.338 e. The highest BCUT2D eigenvalue weighted by atomic mass is 16.2. The molecular weight excluding hydrogens is 152 g/mol. The van der Waals surface area contributed by atoms with Crippen LogP contribution in [-0.2, 0) is 4.79 Å². The van der Waals surface area contributed by atoms with E-state index in [2.05, 4.69) is 18.7 Å². The van der Waals surface area contributed by atoms with Gasteiger partial charge in [0.25, 0.3) is 0 Å². The van der Waals surface area contributed by atoms with Crippen LogP contribution in [-0.4, -0.2) is 47.9 Å². The molecule has 1 aliphatic heterocycles. The first-order valence-corrected chi connectivity index (χ1v) is 4.54. The van der Waals surface area contributed by atoms with Gasteiger partial charge in [-0.25, -0.2) is 0 Å². The van der Waals surface area contributed by atoms with Crippen molar-refractivity contribution in [3.05, 3.63) is 0 Å². The molecule has 0 saturated carbocycles. The molecule has 0 bridgehead atoms. The summed E-state index contributed by atoms with van der Waals surface area (Å²) in [5.41, 5.74) is 0. The Morgan fingerprint density at radius 1 is 1.42 bits per heavy atom. The molecule has 1 fully saturated rings. The lowest BCUT2D eigenvalue weighted by Crippen LogP contribution is -2.56. The third kappa shape index (κ3) is 1.61. The number of hydrogen-bond acceptors (Lipinski definition) is 2. The van der Waals surface area contributed by atoms with E-state index in [4.69, 9.17) is 0 Å². The smallest absolute Gasteiger partial charge is 0.239 e. The molecule has 0 N–H and O–H groups in total. The predicted octanol–water partition coefficient (Wildman–Crippen LogP) is 0.557. The van der Waals surface area contributed by atoms with Gasteiger partial charge in [-0.05, 0) is 27.8 Å². The molecule has 0 unspecified atom stereocenters. The number of carbonyl (C=O) groups is 1. The first kappa shape index (κ1) is 9.52. The van der Waals surface area contributed by atoms with E-state index >= 15 is 0 Å². The van der Waals surface area contributed by atoms with Crippen LogP contribution in [0.25, 0.3) is 0 Å². The van der Waals surface area contributed by atoms with Gasteiger partial charge in [0.1, 0.15) is 0 Å². The third-order valence-corrected chi connectivity index (χ3v) is 2.62. The molecule has 1 amide bonds. The normalized spacial score (nSPS) is 26.9. The van der Waals surface area contributed by atoms with Crippen molar-refractivity contribution in [3.8, 4) is 0 Å². The SMILES string of the molecule is CC(C)N1CCN(C)[C@H](C)C1=O. The summed E-state index contributed by atoms with van der Waals surface area (Å²) < 4.78 is 0. The molecule has 0 aromatic rings. The monoisotopic (exact) mass is 170 g/mol. The maximum absolute atomic E-state index is 11.7. The highest BCUT2D eigenvalue weighted by molar-refractivity contribution is 5.82. The lowest BCUT2D eigenvalue weighted by molar-refractivity contribution is -0.142. The molecule has 1 rings (SSSR count). The molecule has 12 heavy (non-hydrogen) atoms. The molecule has 70 valence electrons. The summed E-state index contributed by atoms with van der Waals surface area (Å²) >= 11 is 0. The fraction of sp³-hybridized carbons (Fsp3) is 0.889. The van der Waals surface area contributed by atoms with Crippen molar-refractivity contribution in [1.29, 1.82) is 0 Å². The Hall–Kier alpha value is -0.570. The van der Waals surface area contributed by atoms with Crippen LogP contribution >= 0.6 is 0 Å². The highest BCUT2D eigenvalue weighted by Crippen LogP contribution is 2.11. The zero-order chi connectivity index (χ0) is 9.30. The van der Waals surface area contributed by atoms with E-state index in [0.717, 1.165) is 13.1 Å². The van der Waals surface area contributed by atoms with Crippen LogP contribution in [0.5, 0.6) is 0 Å². The van der Waals surface area contributed by atoms with Crippen molar-refractivity contribution < 1.29 is 4.79 Å². The van der Waals surface area contributed by atoms with Gasteiger partial charge in [0.05, 0.1) is 6.04 Å². The van der Waals surface area contributed by atoms with Crippen LogP contribution in [0.15, 0.2) is 0 Å². The second-order valence-corrected chi connectivity index (χ2v) is 3.78. The van der Waals surface area contributed by atoms with Gasteiger partial charge in [-0.1, -0.05) is 0 Å². The van der Waals surface area contributed by atoms with E-state index in [1.807, 2.05) is 18.9 Å². The molecule has 1 atom stereocenters. The topological polar surface area (TPSA) is 23.6 Å². The van der Waals surface area contributed by atoms with Gasteiger partial charge in [-0.3, -0.25) is 9.69 Å². The van der Waals surface area contributed by atoms with E-state index in [9.17, 15) is 4.79 Å². The fourth-order valence-corrected chi connectivity index (χ4v) is 1.51. The van der Waals surface area contributed by atoms with Crippen LogP contribution in [0.3, 0.4) is 0 Å². The minimum Gasteiger partial charge on any atom is -0.338 e. The van der Waals surface area contributed by atoms with Gasteiger partial charge in [0, 0.05) is 19.1 Å². The minimum atomic E-state index is 0.0566. The maximum Gasteiger partial charge on any atom is 0.239 e. The van der Waals surface area contributed by atoms with Gasteiger partial charge in [-0.2, -0.15) is 0 Å². The Morgan fingerprint density at radius 2 is 2.00 bits per heavy atom. The Bertz CT molecular complexity index is 179. The second-order valence-electron chi connectivity index (χ2n) is 3.78. The van der Waals surface area contributed by atoms with Crippen molar-refractivity contribution in [3.63, 3.8) is 0 Å². The van der Waals surface area contributed by atoms with Gasteiger partial charge in [0.2, 0.25) is 5.91 Å². The van der Waals surface area contributed by atoms with Crippen LogP contribution in [0, 0.1) is 0 Å². The summed E-state index contributed by atoms with van der Waals surface area (Å²) in [6.45, 7) is 7.96. The maximum atomic E-state index is 11.7. The van der Waals surface area contributed by atoms with Crippen LogP contribution < -0.4 is 0 Å². The quantitative estimate of drug-likeness (QED) is 0.574. The standard InChI is InChI=1S/C9H18N2O/c1-7(2)11-6-5-10(4)8(3)9(11)12/h7-8H,5-6H2,1-4H3/t8-/m1/s1. The summed E-state index contributed by atoms with van der Waals surface area (Å²) in [5, 5.41) is 0. The summed E-state index contributed by atoms with van der Waals surface area (Å²) in [5.74, 6) is 0.263. The van der Waals surface area contributed by atoms with Gasteiger partial charge >= 0.3 is 0 Å². The number of piperazine rings is 1. The molecule has 0 aromatic heterocycles. The first-order valence-electron chi connectivity index (χ1n) is 4.54. The number of carbonyl (C=O) groups excluding carboxylic acids is 1. The molecule has 1 aliphatic rings. The summed E-state index contributed by atoms with van der Waals surface area (Å²) in [6, 6.07) is 0.398. The zero-order valence-electron chi connectivity index (χ0n) is 8.37. The van der Waals surface area contributed by atoms with E-state index in [0.29, 0.717) is 6.04 Å². The van der Waals surface area contributed by atoms with E-state index in [-0.39, 0.29) is 11.9 Å². The molecule has 3 nitrogen and oxygen atoms in total. The van der Waals surface area contributed by atoms with Crippen molar-refractivity contribution in [2.24, 2.45) is 0 Å². The van der Waals surface area contributed by atoms with Gasteiger partial charge in [-0.15, -0.1) is 0 Å². The number of hydrogen-bond donors (Lipinski definition) is 0. The molecule has 1 saturated heterocycles. The van der Waals surface area contributed by atoms with E-state index < -0.39 is 0 Å². The first-order chi connectivity index (χ1) is 5.54. The van der Waals surface area contributed by atoms with Crippen LogP contribution in [0.1, 0.15) is 20.8 Å². The lowest BCUT2D eigenvalue weighted by Gasteiger charge is -2.39. The number of rotatable bonds is 1. The number of likely N-dealkylation sites (N-methyl/N-ethyl adjacent to an activating group) is 1. The Labute approximate surface area is 74.3 Å². The average molecular weight is 170 g/mol. The molecule has 1 heterocycles. The van der Waals surface area contributed by atoms with Gasteiger partial charge in [0.15, 0.2) is 0 Å². The van der Waals surface area contributed by atoms with Crippen molar-refractivity contribution in [1.82, 2.24) is 9.80 Å². The molecule has 0 aromatic carbocycles. The van der Waals surface area contributed by atoms with E-state index in [1.54, 1.807) is 0 Å². The average Bonchev–Trinajstić information content (AvgIpc) is 2.00. The predicted molar refractivity (Wildman–Crippen MR) is 48.9 cm³/mol. The van der Waals surface area contributed by atoms with Crippen molar-refractivity contribution >= 4 is 5.91 Å². The fourth-order valence-electron chi connectivity index (χ4n) is 1.51. The van der Waals surface area contributed by atoms with Crippen LogP contribution in [0.2, 0.25) is 0 Å². The summed E-state index contributed by atoms with van der Waals surface area (Å²) in [7, 11) is 2.00. The van der Waals surface area contributed by atoms with Gasteiger partial charge < -0.3 is 4.90 Å². The molecule has 0 radical (unpaired) electrons. The Balaban J connectivity index is 2.65. The Morgan fingerprint density at radius 3 is 2.50 bits per heavy atom. The number of amides is 1. The molecular formula is C9H18N2O. The minimum absolute atomic E-state index is 0.0566. The molecule has 0 spiro atoms.